The Morgan fingerprint density at radius 1 is 1.31 bits per heavy atom. The smallest absolute Gasteiger partial charge is 0.274 e. The Bertz CT molecular complexity index is 1170. The summed E-state index contributed by atoms with van der Waals surface area (Å²) < 4.78 is 14.2. The lowest BCUT2D eigenvalue weighted by Gasteiger charge is -2.18. The molecular weight excluding hydrogens is 433 g/mol. The summed E-state index contributed by atoms with van der Waals surface area (Å²) in [6.07, 6.45) is 3.53. The van der Waals surface area contributed by atoms with Crippen LogP contribution in [-0.4, -0.2) is 56.3 Å². The first-order valence-corrected chi connectivity index (χ1v) is 11.2. The zero-order valence-electron chi connectivity index (χ0n) is 18.1. The number of nitrogens with one attached hydrogen (secondary N) is 2. The van der Waals surface area contributed by atoms with Crippen molar-refractivity contribution >= 4 is 39.4 Å². The standard InChI is InChI=1S/C21H24FN7O2S/c1-11(15-6-16(22)9-23-8-15)25-21-27-17(18-19(28-21)26-13(3)32-18)20(31)29-5-4-14(10-29)7-24-12(2)30/h6,8-9,11,14H,4-5,7,10H2,1-3H3,(H,24,30)(H,25,27,28)/t11?,14-/m0/s1. The van der Waals surface area contributed by atoms with Crippen LogP contribution < -0.4 is 10.6 Å². The molecule has 3 aromatic heterocycles. The minimum Gasteiger partial charge on any atom is -0.356 e. The fourth-order valence-corrected chi connectivity index (χ4v) is 4.54. The number of nitrogens with zero attached hydrogens (tertiary/aromatic N) is 5. The number of anilines is 1. The summed E-state index contributed by atoms with van der Waals surface area (Å²) in [5, 5.41) is 6.73. The van der Waals surface area contributed by atoms with E-state index in [0.717, 1.165) is 17.6 Å². The molecule has 0 saturated carbocycles. The zero-order valence-corrected chi connectivity index (χ0v) is 18.9. The van der Waals surface area contributed by atoms with Gasteiger partial charge in [-0.2, -0.15) is 4.98 Å². The van der Waals surface area contributed by atoms with Crippen LogP contribution in [-0.2, 0) is 4.79 Å². The number of thiazole rings is 1. The van der Waals surface area contributed by atoms with Gasteiger partial charge in [-0.3, -0.25) is 14.6 Å². The van der Waals surface area contributed by atoms with Crippen molar-refractivity contribution in [2.45, 2.75) is 33.2 Å². The third kappa shape index (κ3) is 4.82. The number of pyridine rings is 1. The monoisotopic (exact) mass is 457 g/mol. The average molecular weight is 458 g/mol. The minimum absolute atomic E-state index is 0.0780. The van der Waals surface area contributed by atoms with Gasteiger partial charge < -0.3 is 15.5 Å². The summed E-state index contributed by atoms with van der Waals surface area (Å²) in [5.74, 6) is -0.236. The highest BCUT2D eigenvalue weighted by atomic mass is 32.1. The molecular formula is C21H24FN7O2S. The molecule has 11 heteroatoms. The lowest BCUT2D eigenvalue weighted by Crippen LogP contribution is -2.32. The van der Waals surface area contributed by atoms with Crippen molar-refractivity contribution in [3.8, 4) is 0 Å². The quantitative estimate of drug-likeness (QED) is 0.585. The van der Waals surface area contributed by atoms with Gasteiger partial charge in [0.15, 0.2) is 11.3 Å². The number of carbonyl (C=O) groups excluding carboxylic acids is 2. The SMILES string of the molecule is CC(=O)NC[C@@H]1CCN(C(=O)c2nc(NC(C)c3cncc(F)c3)nc3nc(C)sc23)C1. The minimum atomic E-state index is -0.429. The Morgan fingerprint density at radius 2 is 2.12 bits per heavy atom. The van der Waals surface area contributed by atoms with Gasteiger partial charge in [-0.15, -0.1) is 11.3 Å². The van der Waals surface area contributed by atoms with Gasteiger partial charge in [-0.25, -0.2) is 14.4 Å². The van der Waals surface area contributed by atoms with Crippen molar-refractivity contribution in [1.29, 1.82) is 0 Å². The van der Waals surface area contributed by atoms with Crippen LogP contribution in [0.25, 0.3) is 10.3 Å². The van der Waals surface area contributed by atoms with Crippen molar-refractivity contribution in [2.75, 3.05) is 25.0 Å². The number of hydrogen-bond acceptors (Lipinski definition) is 8. The first-order chi connectivity index (χ1) is 15.3. The van der Waals surface area contributed by atoms with E-state index < -0.39 is 5.82 Å². The number of fused-ring (bicyclic) bond motifs is 1. The fraction of sp³-hybridized carbons (Fsp3) is 0.429. The summed E-state index contributed by atoms with van der Waals surface area (Å²) in [7, 11) is 0. The summed E-state index contributed by atoms with van der Waals surface area (Å²) in [6, 6.07) is 1.06. The average Bonchev–Trinajstić information content (AvgIpc) is 3.37. The highest BCUT2D eigenvalue weighted by molar-refractivity contribution is 7.18. The summed E-state index contributed by atoms with van der Waals surface area (Å²) in [4.78, 5) is 43.6. The Labute approximate surface area is 188 Å². The molecule has 0 radical (unpaired) electrons. The first-order valence-electron chi connectivity index (χ1n) is 10.4. The van der Waals surface area contributed by atoms with Crippen LogP contribution in [0.5, 0.6) is 0 Å². The summed E-state index contributed by atoms with van der Waals surface area (Å²) in [6.45, 7) is 6.87. The van der Waals surface area contributed by atoms with Crippen LogP contribution in [0.1, 0.15) is 47.4 Å². The Morgan fingerprint density at radius 3 is 2.88 bits per heavy atom. The molecule has 4 heterocycles. The molecule has 1 fully saturated rings. The maximum atomic E-state index is 13.5. The number of aromatic nitrogens is 4. The molecule has 3 aromatic rings. The molecule has 2 N–H and O–H groups in total. The van der Waals surface area contributed by atoms with E-state index in [-0.39, 0.29) is 29.7 Å². The molecule has 0 aliphatic carbocycles. The van der Waals surface area contributed by atoms with Gasteiger partial charge in [0, 0.05) is 32.8 Å². The van der Waals surface area contributed by atoms with Gasteiger partial charge >= 0.3 is 0 Å². The van der Waals surface area contributed by atoms with Gasteiger partial charge in [0.05, 0.1) is 17.2 Å². The fourth-order valence-electron chi connectivity index (χ4n) is 3.70. The maximum Gasteiger partial charge on any atom is 0.274 e. The van der Waals surface area contributed by atoms with Gasteiger partial charge in [-0.05, 0) is 37.8 Å². The third-order valence-corrected chi connectivity index (χ3v) is 6.31. The number of carbonyl (C=O) groups is 2. The highest BCUT2D eigenvalue weighted by Crippen LogP contribution is 2.28. The van der Waals surface area contributed by atoms with Crippen LogP contribution >= 0.6 is 11.3 Å². The second kappa shape index (κ2) is 9.11. The number of amides is 2. The Kier molecular flexibility index (Phi) is 6.26. The number of aryl methyl sites for hydroxylation is 1. The predicted octanol–water partition coefficient (Wildman–Crippen LogP) is 2.70. The molecule has 1 aliphatic heterocycles. The van der Waals surface area contributed by atoms with Crippen molar-refractivity contribution in [3.63, 3.8) is 0 Å². The maximum absolute atomic E-state index is 13.5. The predicted molar refractivity (Wildman–Crippen MR) is 119 cm³/mol. The van der Waals surface area contributed by atoms with Crippen LogP contribution in [0.3, 0.4) is 0 Å². The van der Waals surface area contributed by atoms with Crippen LogP contribution in [0.4, 0.5) is 10.3 Å². The van der Waals surface area contributed by atoms with Gasteiger partial charge in [-0.1, -0.05) is 0 Å². The highest BCUT2D eigenvalue weighted by Gasteiger charge is 2.30. The first kappa shape index (κ1) is 22.0. The lowest BCUT2D eigenvalue weighted by atomic mass is 10.1. The van der Waals surface area contributed by atoms with E-state index in [1.165, 1.54) is 24.3 Å². The second-order valence-electron chi connectivity index (χ2n) is 7.93. The van der Waals surface area contributed by atoms with E-state index in [1.807, 2.05) is 13.8 Å². The van der Waals surface area contributed by atoms with E-state index >= 15 is 0 Å². The third-order valence-electron chi connectivity index (χ3n) is 5.35. The number of likely N-dealkylation sites (tertiary alicyclic amines) is 1. The van der Waals surface area contributed by atoms with E-state index in [9.17, 15) is 14.0 Å². The number of halogens is 1. The molecule has 0 aromatic carbocycles. The number of rotatable bonds is 6. The Balaban J connectivity index is 1.58. The molecule has 32 heavy (non-hydrogen) atoms. The normalized spacial score (nSPS) is 16.9. The molecule has 1 aliphatic rings. The lowest BCUT2D eigenvalue weighted by molar-refractivity contribution is -0.119. The van der Waals surface area contributed by atoms with Crippen LogP contribution in [0.15, 0.2) is 18.5 Å². The topological polar surface area (TPSA) is 113 Å². The van der Waals surface area contributed by atoms with E-state index in [1.54, 1.807) is 11.1 Å². The molecule has 2 atom stereocenters. The van der Waals surface area contributed by atoms with Crippen LogP contribution in [0, 0.1) is 18.7 Å². The van der Waals surface area contributed by atoms with Gasteiger partial charge in [0.2, 0.25) is 11.9 Å². The summed E-state index contributed by atoms with van der Waals surface area (Å²) in [5.41, 5.74) is 1.39. The zero-order chi connectivity index (χ0) is 22.8. The van der Waals surface area contributed by atoms with Crippen molar-refractivity contribution < 1.29 is 14.0 Å². The molecule has 1 saturated heterocycles. The van der Waals surface area contributed by atoms with Crippen molar-refractivity contribution in [1.82, 2.24) is 30.2 Å². The molecule has 0 bridgehead atoms. The molecule has 2 amide bonds. The van der Waals surface area contributed by atoms with E-state index in [2.05, 4.69) is 30.6 Å². The molecule has 1 unspecified atom stereocenters. The molecule has 9 nitrogen and oxygen atoms in total. The Hall–Kier alpha value is -3.21. The van der Waals surface area contributed by atoms with Gasteiger partial charge in [0.1, 0.15) is 10.5 Å². The van der Waals surface area contributed by atoms with Crippen molar-refractivity contribution in [3.05, 3.63) is 40.5 Å². The molecule has 4 rings (SSSR count). The summed E-state index contributed by atoms with van der Waals surface area (Å²) >= 11 is 1.38. The van der Waals surface area contributed by atoms with Gasteiger partial charge in [0.25, 0.3) is 5.91 Å². The molecule has 168 valence electrons. The van der Waals surface area contributed by atoms with E-state index in [4.69, 9.17) is 0 Å². The van der Waals surface area contributed by atoms with E-state index in [0.29, 0.717) is 41.2 Å². The molecule has 0 spiro atoms. The number of hydrogen-bond donors (Lipinski definition) is 2. The van der Waals surface area contributed by atoms with Crippen molar-refractivity contribution in [2.24, 2.45) is 5.92 Å². The largest absolute Gasteiger partial charge is 0.356 e. The second-order valence-corrected chi connectivity index (χ2v) is 9.13. The van der Waals surface area contributed by atoms with Crippen LogP contribution in [0.2, 0.25) is 0 Å².